The molecule has 0 N–H and O–H groups in total. The lowest BCUT2D eigenvalue weighted by Crippen LogP contribution is -2.03. The van der Waals surface area contributed by atoms with E-state index in [1.807, 2.05) is 25.1 Å². The Balaban J connectivity index is 1.98. The van der Waals surface area contributed by atoms with E-state index in [1.165, 1.54) is 11.5 Å². The van der Waals surface area contributed by atoms with Gasteiger partial charge in [0, 0.05) is 0 Å². The highest BCUT2D eigenvalue weighted by molar-refractivity contribution is 7.79. The molecule has 0 fully saturated rings. The molecule has 6 heteroatoms. The summed E-state index contributed by atoms with van der Waals surface area (Å²) in [5.41, 5.74) is 0.815. The zero-order valence-corrected chi connectivity index (χ0v) is 10.3. The molecule has 0 spiro atoms. The number of para-hydroxylation sites is 1. The third-order valence-electron chi connectivity index (χ3n) is 1.93. The van der Waals surface area contributed by atoms with Gasteiger partial charge in [0.1, 0.15) is 5.75 Å². The average molecular weight is 254 g/mol. The fraction of sp³-hybridized carbons (Fsp3) is 0.200. The number of hydrogen-bond acceptors (Lipinski definition) is 5. The summed E-state index contributed by atoms with van der Waals surface area (Å²) in [4.78, 5) is 0.897. The second kappa shape index (κ2) is 5.18. The van der Waals surface area contributed by atoms with Crippen molar-refractivity contribution in [2.24, 2.45) is 0 Å². The second-order valence-corrected chi connectivity index (χ2v) is 5.03. The molecule has 0 bridgehead atoms. The SMILES string of the molecule is Cc1nnsc1CS(=O)Oc1ccccc1. The van der Waals surface area contributed by atoms with Crippen LogP contribution in [0.3, 0.4) is 0 Å². The monoisotopic (exact) mass is 254 g/mol. The summed E-state index contributed by atoms with van der Waals surface area (Å²) < 4.78 is 20.7. The Labute approximate surface area is 100 Å². The number of benzene rings is 1. The second-order valence-electron chi connectivity index (χ2n) is 3.13. The Morgan fingerprint density at radius 3 is 2.75 bits per heavy atom. The molecule has 0 amide bonds. The molecule has 0 aliphatic carbocycles. The van der Waals surface area contributed by atoms with E-state index in [-0.39, 0.29) is 0 Å². The van der Waals surface area contributed by atoms with Crippen LogP contribution in [0.1, 0.15) is 10.6 Å². The summed E-state index contributed by atoms with van der Waals surface area (Å²) >= 11 is -0.126. The van der Waals surface area contributed by atoms with Gasteiger partial charge in [-0.15, -0.1) is 5.10 Å². The first-order valence-corrected chi connectivity index (χ1v) is 6.67. The molecule has 0 aliphatic rings. The predicted octanol–water partition coefficient (Wildman–Crippen LogP) is 2.09. The Bertz CT molecular complexity index is 485. The molecule has 0 saturated carbocycles. The topological polar surface area (TPSA) is 52.1 Å². The number of nitrogens with zero attached hydrogens (tertiary/aromatic N) is 2. The van der Waals surface area contributed by atoms with Gasteiger partial charge in [-0.05, 0) is 30.6 Å². The highest BCUT2D eigenvalue weighted by atomic mass is 32.2. The van der Waals surface area contributed by atoms with E-state index in [4.69, 9.17) is 4.18 Å². The lowest BCUT2D eigenvalue weighted by atomic mass is 10.3. The average Bonchev–Trinajstić information content (AvgIpc) is 2.66. The minimum Gasteiger partial charge on any atom is -0.400 e. The van der Waals surface area contributed by atoms with Gasteiger partial charge in [0.25, 0.3) is 0 Å². The normalized spacial score (nSPS) is 12.3. The first-order valence-electron chi connectivity index (χ1n) is 4.65. The fourth-order valence-electron chi connectivity index (χ4n) is 1.10. The number of hydrogen-bond donors (Lipinski definition) is 0. The molecule has 1 heterocycles. The van der Waals surface area contributed by atoms with Crippen LogP contribution >= 0.6 is 11.5 Å². The van der Waals surface area contributed by atoms with Crippen LogP contribution < -0.4 is 4.18 Å². The molecular weight excluding hydrogens is 244 g/mol. The Kier molecular flexibility index (Phi) is 3.63. The van der Waals surface area contributed by atoms with E-state index in [0.29, 0.717) is 11.5 Å². The van der Waals surface area contributed by atoms with E-state index in [9.17, 15) is 4.21 Å². The van der Waals surface area contributed by atoms with Crippen LogP contribution in [0.5, 0.6) is 5.75 Å². The smallest absolute Gasteiger partial charge is 0.212 e. The summed E-state index contributed by atoms with van der Waals surface area (Å²) in [5.74, 6) is 0.939. The van der Waals surface area contributed by atoms with Crippen LogP contribution in [0.2, 0.25) is 0 Å². The van der Waals surface area contributed by atoms with Gasteiger partial charge in [-0.3, -0.25) is 0 Å². The van der Waals surface area contributed by atoms with Gasteiger partial charge in [0.15, 0.2) is 0 Å². The van der Waals surface area contributed by atoms with Crippen molar-refractivity contribution < 1.29 is 8.39 Å². The fourth-order valence-corrected chi connectivity index (χ4v) is 2.85. The van der Waals surface area contributed by atoms with Gasteiger partial charge in [-0.2, -0.15) is 0 Å². The minimum absolute atomic E-state index is 0.332. The third-order valence-corrected chi connectivity index (χ3v) is 3.84. The summed E-state index contributed by atoms with van der Waals surface area (Å²) in [6.45, 7) is 1.85. The van der Waals surface area contributed by atoms with Crippen LogP contribution in [0, 0.1) is 6.92 Å². The summed E-state index contributed by atoms with van der Waals surface area (Å²) in [6, 6.07) is 9.11. The molecule has 2 aromatic rings. The maximum absolute atomic E-state index is 11.7. The summed E-state index contributed by atoms with van der Waals surface area (Å²) in [5, 5.41) is 3.86. The van der Waals surface area contributed by atoms with Crippen LogP contribution in [-0.4, -0.2) is 13.8 Å². The molecule has 0 aliphatic heterocycles. The molecule has 0 saturated heterocycles. The van der Waals surface area contributed by atoms with E-state index < -0.39 is 11.1 Å². The Hall–Kier alpha value is -1.27. The van der Waals surface area contributed by atoms with Crippen molar-refractivity contribution in [2.75, 3.05) is 0 Å². The summed E-state index contributed by atoms with van der Waals surface area (Å²) in [6.07, 6.45) is 0. The largest absolute Gasteiger partial charge is 0.400 e. The number of aryl methyl sites for hydroxylation is 1. The Morgan fingerprint density at radius 1 is 1.38 bits per heavy atom. The van der Waals surface area contributed by atoms with Crippen molar-refractivity contribution in [2.45, 2.75) is 12.7 Å². The quantitative estimate of drug-likeness (QED) is 0.838. The molecule has 16 heavy (non-hydrogen) atoms. The molecule has 4 nitrogen and oxygen atoms in total. The molecule has 0 radical (unpaired) electrons. The van der Waals surface area contributed by atoms with Crippen molar-refractivity contribution in [1.82, 2.24) is 9.59 Å². The van der Waals surface area contributed by atoms with Crippen LogP contribution in [0.15, 0.2) is 30.3 Å². The Morgan fingerprint density at radius 2 is 2.12 bits per heavy atom. The van der Waals surface area contributed by atoms with E-state index in [1.54, 1.807) is 12.1 Å². The van der Waals surface area contributed by atoms with E-state index >= 15 is 0 Å². The van der Waals surface area contributed by atoms with Gasteiger partial charge in [0.2, 0.25) is 11.1 Å². The molecule has 1 aromatic heterocycles. The lowest BCUT2D eigenvalue weighted by molar-refractivity contribution is 0.561. The standard InChI is InChI=1S/C10H10N2O2S2/c1-8-10(15-12-11-8)7-16(13)14-9-5-3-2-4-6-9/h2-6H,7H2,1H3. The van der Waals surface area contributed by atoms with Crippen molar-refractivity contribution >= 4 is 22.6 Å². The van der Waals surface area contributed by atoms with Crippen molar-refractivity contribution in [3.8, 4) is 5.75 Å². The van der Waals surface area contributed by atoms with Gasteiger partial charge in [0.05, 0.1) is 16.3 Å². The first-order chi connectivity index (χ1) is 7.75. The molecule has 84 valence electrons. The lowest BCUT2D eigenvalue weighted by Gasteiger charge is -2.02. The zero-order chi connectivity index (χ0) is 11.4. The summed E-state index contributed by atoms with van der Waals surface area (Å²) in [7, 11) is 0. The van der Waals surface area contributed by atoms with Crippen LogP contribution in [0.25, 0.3) is 0 Å². The van der Waals surface area contributed by atoms with E-state index in [2.05, 4.69) is 9.59 Å². The molecule has 2 rings (SSSR count). The van der Waals surface area contributed by atoms with Crippen LogP contribution in [-0.2, 0) is 16.8 Å². The minimum atomic E-state index is -1.38. The highest BCUT2D eigenvalue weighted by Gasteiger charge is 2.09. The van der Waals surface area contributed by atoms with Crippen molar-refractivity contribution in [3.05, 3.63) is 40.9 Å². The predicted molar refractivity (Wildman–Crippen MR) is 63.6 cm³/mol. The van der Waals surface area contributed by atoms with Gasteiger partial charge in [-0.1, -0.05) is 22.7 Å². The van der Waals surface area contributed by atoms with Crippen LogP contribution in [0.4, 0.5) is 0 Å². The van der Waals surface area contributed by atoms with Crippen molar-refractivity contribution in [1.29, 1.82) is 0 Å². The third kappa shape index (κ3) is 2.86. The van der Waals surface area contributed by atoms with E-state index in [0.717, 1.165) is 10.6 Å². The van der Waals surface area contributed by atoms with Crippen molar-refractivity contribution in [3.63, 3.8) is 0 Å². The zero-order valence-electron chi connectivity index (χ0n) is 8.62. The maximum atomic E-state index is 11.7. The molecule has 1 unspecified atom stereocenters. The maximum Gasteiger partial charge on any atom is 0.212 e. The van der Waals surface area contributed by atoms with Gasteiger partial charge < -0.3 is 4.18 Å². The molecular formula is C10H10N2O2S2. The first kappa shape index (κ1) is 11.2. The molecule has 1 atom stereocenters. The molecule has 1 aromatic carbocycles. The highest BCUT2D eigenvalue weighted by Crippen LogP contribution is 2.15. The van der Waals surface area contributed by atoms with Gasteiger partial charge in [-0.25, -0.2) is 4.21 Å². The van der Waals surface area contributed by atoms with Gasteiger partial charge >= 0.3 is 0 Å². The number of aromatic nitrogens is 2. The number of rotatable bonds is 4.